The number of anilines is 1. The van der Waals surface area contributed by atoms with Crippen LogP contribution < -0.4 is 9.62 Å². The number of carbonyl (C=O) groups excluding carboxylic acids is 2. The van der Waals surface area contributed by atoms with Gasteiger partial charge in [0, 0.05) is 25.6 Å². The average Bonchev–Trinajstić information content (AvgIpc) is 3.37. The van der Waals surface area contributed by atoms with Crippen molar-refractivity contribution < 1.29 is 18.0 Å². The molecule has 1 aliphatic carbocycles. The summed E-state index contributed by atoms with van der Waals surface area (Å²) in [6.45, 7) is 8.41. The lowest BCUT2D eigenvalue weighted by atomic mass is 10.1. The van der Waals surface area contributed by atoms with E-state index in [0.29, 0.717) is 25.1 Å². The Bertz CT molecular complexity index is 1200. The van der Waals surface area contributed by atoms with E-state index in [2.05, 4.69) is 5.32 Å². The topological polar surface area (TPSA) is 86.8 Å². The molecule has 0 radical (unpaired) electrons. The fourth-order valence-corrected chi connectivity index (χ4v) is 6.02. The number of sulfonamides is 1. The highest BCUT2D eigenvalue weighted by Crippen LogP contribution is 2.23. The van der Waals surface area contributed by atoms with Crippen LogP contribution in [0.1, 0.15) is 74.1 Å². The Labute approximate surface area is 228 Å². The zero-order valence-electron chi connectivity index (χ0n) is 23.5. The molecule has 0 aromatic heterocycles. The maximum absolute atomic E-state index is 13.6. The van der Waals surface area contributed by atoms with Gasteiger partial charge in [-0.3, -0.25) is 13.9 Å². The van der Waals surface area contributed by atoms with Gasteiger partial charge in [-0.15, -0.1) is 0 Å². The van der Waals surface area contributed by atoms with E-state index < -0.39 is 16.1 Å². The summed E-state index contributed by atoms with van der Waals surface area (Å²) < 4.78 is 26.5. The average molecular weight is 542 g/mol. The largest absolute Gasteiger partial charge is 0.352 e. The summed E-state index contributed by atoms with van der Waals surface area (Å²) in [5.41, 5.74) is 4.79. The lowest BCUT2D eigenvalue weighted by Crippen LogP contribution is -2.51. The molecule has 0 heterocycles. The van der Waals surface area contributed by atoms with Crippen LogP contribution in [0.25, 0.3) is 0 Å². The molecule has 2 aromatic rings. The smallest absolute Gasteiger partial charge is 0.243 e. The molecule has 1 saturated carbocycles. The number of benzene rings is 2. The Morgan fingerprint density at radius 1 is 1.00 bits per heavy atom. The minimum absolute atomic E-state index is 0.104. The summed E-state index contributed by atoms with van der Waals surface area (Å²) in [7, 11) is -3.52. The molecular formula is C30H43N3O4S. The van der Waals surface area contributed by atoms with Gasteiger partial charge in [0.05, 0.1) is 11.9 Å². The minimum atomic E-state index is -3.52. The van der Waals surface area contributed by atoms with Gasteiger partial charge in [0.15, 0.2) is 0 Å². The molecule has 8 heteroatoms. The van der Waals surface area contributed by atoms with Gasteiger partial charge in [0.25, 0.3) is 0 Å². The Morgan fingerprint density at radius 3 is 2.24 bits per heavy atom. The monoisotopic (exact) mass is 541 g/mol. The number of nitrogens with zero attached hydrogens (tertiary/aromatic N) is 2. The van der Waals surface area contributed by atoms with Crippen molar-refractivity contribution in [3.63, 3.8) is 0 Å². The van der Waals surface area contributed by atoms with Crippen molar-refractivity contribution >= 4 is 27.5 Å². The zero-order chi connectivity index (χ0) is 27.9. The summed E-state index contributed by atoms with van der Waals surface area (Å²) >= 11 is 0. The van der Waals surface area contributed by atoms with E-state index >= 15 is 0 Å². The molecule has 1 unspecified atom stereocenters. The van der Waals surface area contributed by atoms with Gasteiger partial charge in [-0.2, -0.15) is 0 Å². The maximum atomic E-state index is 13.6. The number of amides is 2. The Kier molecular flexibility index (Phi) is 10.4. The lowest BCUT2D eigenvalue weighted by Gasteiger charge is -2.32. The molecule has 3 rings (SSSR count). The summed E-state index contributed by atoms with van der Waals surface area (Å²) in [6, 6.07) is 13.2. The van der Waals surface area contributed by atoms with Gasteiger partial charge in [-0.1, -0.05) is 55.7 Å². The van der Waals surface area contributed by atoms with Crippen LogP contribution in [-0.4, -0.2) is 50.0 Å². The number of hydrogen-bond donors (Lipinski definition) is 1. The molecule has 1 atom stereocenters. The summed E-state index contributed by atoms with van der Waals surface area (Å²) in [5.74, 6) is -0.250. The fraction of sp³-hybridized carbons (Fsp3) is 0.533. The van der Waals surface area contributed by atoms with Crippen molar-refractivity contribution in [3.05, 3.63) is 64.7 Å². The SMILES string of the molecule is CCC(C(=O)NC1CCCC1)N(Cc1ccc(C)cc1)C(=O)CCCN(c1ccc(C)c(C)c1)S(C)(=O)=O. The predicted molar refractivity (Wildman–Crippen MR) is 154 cm³/mol. The van der Waals surface area contributed by atoms with Crippen LogP contribution in [0.3, 0.4) is 0 Å². The third-order valence-corrected chi connectivity index (χ3v) is 8.69. The Hall–Kier alpha value is -2.87. The second-order valence-electron chi connectivity index (χ2n) is 10.6. The second kappa shape index (κ2) is 13.3. The van der Waals surface area contributed by atoms with Crippen LogP contribution in [-0.2, 0) is 26.2 Å². The molecular weight excluding hydrogens is 498 g/mol. The maximum Gasteiger partial charge on any atom is 0.243 e. The summed E-state index contributed by atoms with van der Waals surface area (Å²) in [5, 5.41) is 3.17. The molecule has 2 aromatic carbocycles. The molecule has 2 amide bonds. The normalized spacial score (nSPS) is 14.8. The van der Waals surface area contributed by atoms with Crippen molar-refractivity contribution in [2.75, 3.05) is 17.1 Å². The van der Waals surface area contributed by atoms with Crippen LogP contribution >= 0.6 is 0 Å². The first kappa shape index (κ1) is 29.7. The molecule has 0 spiro atoms. The molecule has 1 fully saturated rings. The second-order valence-corrected chi connectivity index (χ2v) is 12.5. The standard InChI is InChI=1S/C30H43N3O4S/c1-6-28(30(35)31-26-10-7-8-11-26)32(21-25-16-13-22(2)14-17-25)29(34)12-9-19-33(38(5,36)37)27-18-15-23(3)24(4)20-27/h13-18,20,26,28H,6-12,19,21H2,1-5H3,(H,31,35). The molecule has 1 aliphatic rings. The van der Waals surface area contributed by atoms with Crippen LogP contribution in [0.15, 0.2) is 42.5 Å². The van der Waals surface area contributed by atoms with E-state index in [1.165, 1.54) is 10.6 Å². The fourth-order valence-electron chi connectivity index (χ4n) is 5.06. The van der Waals surface area contributed by atoms with E-state index in [1.54, 1.807) is 11.0 Å². The molecule has 38 heavy (non-hydrogen) atoms. The zero-order valence-corrected chi connectivity index (χ0v) is 24.3. The summed E-state index contributed by atoms with van der Waals surface area (Å²) in [4.78, 5) is 28.6. The highest BCUT2D eigenvalue weighted by Gasteiger charge is 2.30. The molecule has 0 aliphatic heterocycles. The first-order chi connectivity index (χ1) is 18.0. The molecule has 208 valence electrons. The quantitative estimate of drug-likeness (QED) is 0.409. The van der Waals surface area contributed by atoms with Crippen molar-refractivity contribution in [3.8, 4) is 0 Å². The third kappa shape index (κ3) is 8.06. The third-order valence-electron chi connectivity index (χ3n) is 7.49. The van der Waals surface area contributed by atoms with Gasteiger partial charge < -0.3 is 10.2 Å². The number of rotatable bonds is 12. The first-order valence-corrected chi connectivity index (χ1v) is 15.5. The van der Waals surface area contributed by atoms with E-state index in [-0.39, 0.29) is 30.8 Å². The number of hydrogen-bond acceptors (Lipinski definition) is 4. The lowest BCUT2D eigenvalue weighted by molar-refractivity contribution is -0.141. The van der Waals surface area contributed by atoms with Crippen molar-refractivity contribution in [1.29, 1.82) is 0 Å². The molecule has 0 saturated heterocycles. The molecule has 0 bridgehead atoms. The highest BCUT2D eigenvalue weighted by atomic mass is 32.2. The van der Waals surface area contributed by atoms with E-state index in [1.807, 2.05) is 64.1 Å². The highest BCUT2D eigenvalue weighted by molar-refractivity contribution is 7.92. The van der Waals surface area contributed by atoms with E-state index in [0.717, 1.165) is 47.9 Å². The van der Waals surface area contributed by atoms with Crippen LogP contribution in [0, 0.1) is 20.8 Å². The molecule has 1 N–H and O–H groups in total. The number of nitrogens with one attached hydrogen (secondary N) is 1. The van der Waals surface area contributed by atoms with E-state index in [9.17, 15) is 18.0 Å². The van der Waals surface area contributed by atoms with Crippen LogP contribution in [0.4, 0.5) is 5.69 Å². The number of aryl methyl sites for hydroxylation is 3. The number of carbonyl (C=O) groups is 2. The molecule has 7 nitrogen and oxygen atoms in total. The minimum Gasteiger partial charge on any atom is -0.352 e. The van der Waals surface area contributed by atoms with Gasteiger partial charge >= 0.3 is 0 Å². The van der Waals surface area contributed by atoms with Crippen LogP contribution in [0.2, 0.25) is 0 Å². The van der Waals surface area contributed by atoms with Crippen molar-refractivity contribution in [2.45, 2.75) is 91.3 Å². The van der Waals surface area contributed by atoms with Crippen molar-refractivity contribution in [1.82, 2.24) is 10.2 Å². The van der Waals surface area contributed by atoms with Crippen molar-refractivity contribution in [2.24, 2.45) is 0 Å². The predicted octanol–water partition coefficient (Wildman–Crippen LogP) is 5.02. The Balaban J connectivity index is 1.76. The summed E-state index contributed by atoms with van der Waals surface area (Å²) in [6.07, 6.45) is 6.39. The van der Waals surface area contributed by atoms with E-state index in [4.69, 9.17) is 0 Å². The first-order valence-electron chi connectivity index (χ1n) is 13.7. The van der Waals surface area contributed by atoms with Gasteiger partial charge in [-0.05, 0) is 75.3 Å². The van der Waals surface area contributed by atoms with Gasteiger partial charge in [0.2, 0.25) is 21.8 Å². The van der Waals surface area contributed by atoms with Crippen LogP contribution in [0.5, 0.6) is 0 Å². The van der Waals surface area contributed by atoms with Gasteiger partial charge in [-0.25, -0.2) is 8.42 Å². The Morgan fingerprint density at radius 2 is 1.66 bits per heavy atom. The van der Waals surface area contributed by atoms with Gasteiger partial charge in [0.1, 0.15) is 6.04 Å².